The summed E-state index contributed by atoms with van der Waals surface area (Å²) in [4.78, 5) is 24.0. The molecule has 3 aromatic rings. The van der Waals surface area contributed by atoms with Gasteiger partial charge in [-0.15, -0.1) is 0 Å². The fourth-order valence-electron chi connectivity index (χ4n) is 2.68. The maximum Gasteiger partial charge on any atom is 0.276 e. The van der Waals surface area contributed by atoms with Crippen LogP contribution < -0.4 is 25.1 Å². The van der Waals surface area contributed by atoms with Crippen molar-refractivity contribution >= 4 is 22.6 Å². The second-order valence-electron chi connectivity index (χ2n) is 5.87. The lowest BCUT2D eigenvalue weighted by molar-refractivity contribution is -0.123. The van der Waals surface area contributed by atoms with Crippen LogP contribution in [0.3, 0.4) is 0 Å². The summed E-state index contributed by atoms with van der Waals surface area (Å²) in [6.45, 7) is -0.0942. The maximum atomic E-state index is 12.1. The highest BCUT2D eigenvalue weighted by Gasteiger charge is 2.16. The van der Waals surface area contributed by atoms with Gasteiger partial charge >= 0.3 is 0 Å². The lowest BCUT2D eigenvalue weighted by Gasteiger charge is -2.09. The number of rotatable bonds is 4. The van der Waals surface area contributed by atoms with E-state index in [1.165, 1.54) is 0 Å². The van der Waals surface area contributed by atoms with Gasteiger partial charge in [0.2, 0.25) is 6.79 Å². The number of hydrogen-bond acceptors (Lipinski definition) is 5. The molecular formula is C20H16N2O5. The molecule has 136 valence electrons. The first-order valence-corrected chi connectivity index (χ1v) is 8.29. The van der Waals surface area contributed by atoms with Crippen LogP contribution in [0.1, 0.15) is 10.4 Å². The predicted molar refractivity (Wildman–Crippen MR) is 97.6 cm³/mol. The Morgan fingerprint density at radius 3 is 2.59 bits per heavy atom. The van der Waals surface area contributed by atoms with E-state index in [9.17, 15) is 9.59 Å². The minimum Gasteiger partial charge on any atom is -0.484 e. The number of carbonyl (C=O) groups excluding carboxylic acids is 2. The Labute approximate surface area is 154 Å². The molecule has 7 heteroatoms. The Kier molecular flexibility index (Phi) is 4.49. The van der Waals surface area contributed by atoms with E-state index in [1.807, 2.05) is 36.4 Å². The largest absolute Gasteiger partial charge is 0.484 e. The first-order valence-electron chi connectivity index (χ1n) is 8.29. The van der Waals surface area contributed by atoms with E-state index in [0.717, 1.165) is 10.8 Å². The van der Waals surface area contributed by atoms with Crippen molar-refractivity contribution < 1.29 is 23.8 Å². The minimum absolute atomic E-state index is 0.128. The molecule has 0 spiro atoms. The van der Waals surface area contributed by atoms with Gasteiger partial charge in [0.15, 0.2) is 18.1 Å². The van der Waals surface area contributed by atoms with E-state index in [2.05, 4.69) is 10.9 Å². The molecule has 1 aliphatic rings. The topological polar surface area (TPSA) is 85.9 Å². The molecule has 0 radical (unpaired) electrons. The van der Waals surface area contributed by atoms with Gasteiger partial charge in [-0.1, -0.05) is 30.3 Å². The second kappa shape index (κ2) is 7.25. The zero-order chi connectivity index (χ0) is 18.6. The summed E-state index contributed by atoms with van der Waals surface area (Å²) < 4.78 is 15.9. The quantitative estimate of drug-likeness (QED) is 0.695. The molecule has 27 heavy (non-hydrogen) atoms. The molecule has 2 N–H and O–H groups in total. The molecule has 0 aromatic heterocycles. The molecular weight excluding hydrogens is 348 g/mol. The Balaban J connectivity index is 1.29. The number of amides is 2. The average molecular weight is 364 g/mol. The Bertz CT molecular complexity index is 1020. The lowest BCUT2D eigenvalue weighted by Crippen LogP contribution is -2.43. The minimum atomic E-state index is -0.475. The van der Waals surface area contributed by atoms with Crippen LogP contribution in [-0.4, -0.2) is 25.2 Å². The van der Waals surface area contributed by atoms with Crippen molar-refractivity contribution in [3.8, 4) is 17.2 Å². The van der Waals surface area contributed by atoms with Gasteiger partial charge in [0.1, 0.15) is 5.75 Å². The van der Waals surface area contributed by atoms with E-state index >= 15 is 0 Å². The van der Waals surface area contributed by atoms with E-state index < -0.39 is 11.8 Å². The molecule has 0 fully saturated rings. The summed E-state index contributed by atoms with van der Waals surface area (Å²) in [6, 6.07) is 18.2. The summed E-state index contributed by atoms with van der Waals surface area (Å²) >= 11 is 0. The summed E-state index contributed by atoms with van der Waals surface area (Å²) in [5, 5.41) is 2.11. The molecule has 0 saturated heterocycles. The number of carbonyl (C=O) groups is 2. The number of hydrogen-bond donors (Lipinski definition) is 2. The van der Waals surface area contributed by atoms with E-state index in [-0.39, 0.29) is 13.4 Å². The van der Waals surface area contributed by atoms with Crippen LogP contribution in [0.25, 0.3) is 10.8 Å². The molecule has 4 rings (SSSR count). The Hall–Kier alpha value is -3.74. The van der Waals surface area contributed by atoms with Gasteiger partial charge in [0, 0.05) is 5.56 Å². The van der Waals surface area contributed by atoms with Gasteiger partial charge in [-0.3, -0.25) is 20.4 Å². The van der Waals surface area contributed by atoms with Crippen molar-refractivity contribution in [3.05, 3.63) is 66.2 Å². The van der Waals surface area contributed by atoms with Gasteiger partial charge in [0.05, 0.1) is 0 Å². The van der Waals surface area contributed by atoms with Gasteiger partial charge < -0.3 is 14.2 Å². The zero-order valence-electron chi connectivity index (χ0n) is 14.2. The molecule has 0 atom stereocenters. The molecule has 3 aromatic carbocycles. The summed E-state index contributed by atoms with van der Waals surface area (Å²) in [5.74, 6) is 0.712. The highest BCUT2D eigenvalue weighted by atomic mass is 16.7. The Morgan fingerprint density at radius 1 is 0.889 bits per heavy atom. The third-order valence-electron chi connectivity index (χ3n) is 4.04. The van der Waals surface area contributed by atoms with E-state index in [1.54, 1.807) is 24.3 Å². The smallest absolute Gasteiger partial charge is 0.276 e. The van der Waals surface area contributed by atoms with Crippen LogP contribution in [0.15, 0.2) is 60.7 Å². The predicted octanol–water partition coefficient (Wildman–Crippen LogP) is 2.41. The van der Waals surface area contributed by atoms with Crippen molar-refractivity contribution in [2.24, 2.45) is 0 Å². The number of hydrazine groups is 1. The summed E-state index contributed by atoms with van der Waals surface area (Å²) in [6.07, 6.45) is 0. The first kappa shape index (κ1) is 16.7. The van der Waals surface area contributed by atoms with Crippen LogP contribution in [-0.2, 0) is 4.79 Å². The maximum absolute atomic E-state index is 12.1. The molecule has 2 amide bonds. The molecule has 0 bridgehead atoms. The monoisotopic (exact) mass is 364 g/mol. The molecule has 1 heterocycles. The number of nitrogens with one attached hydrogen (secondary N) is 2. The van der Waals surface area contributed by atoms with Crippen LogP contribution in [0, 0.1) is 0 Å². The molecule has 7 nitrogen and oxygen atoms in total. The molecule has 0 saturated carbocycles. The van der Waals surface area contributed by atoms with Crippen molar-refractivity contribution in [1.82, 2.24) is 10.9 Å². The fourth-order valence-corrected chi connectivity index (χ4v) is 2.68. The number of ether oxygens (including phenoxy) is 3. The molecule has 0 unspecified atom stereocenters. The van der Waals surface area contributed by atoms with Crippen LogP contribution in [0.2, 0.25) is 0 Å². The van der Waals surface area contributed by atoms with Gasteiger partial charge in [0.25, 0.3) is 11.8 Å². The van der Waals surface area contributed by atoms with Crippen molar-refractivity contribution in [2.45, 2.75) is 0 Å². The third-order valence-corrected chi connectivity index (χ3v) is 4.04. The summed E-state index contributed by atoms with van der Waals surface area (Å²) in [5.41, 5.74) is 5.00. The van der Waals surface area contributed by atoms with Gasteiger partial charge in [-0.05, 0) is 41.1 Å². The van der Waals surface area contributed by atoms with Gasteiger partial charge in [-0.2, -0.15) is 0 Å². The van der Waals surface area contributed by atoms with Crippen LogP contribution >= 0.6 is 0 Å². The summed E-state index contributed by atoms with van der Waals surface area (Å²) in [7, 11) is 0. The average Bonchev–Trinajstić information content (AvgIpc) is 3.18. The Morgan fingerprint density at radius 2 is 1.70 bits per heavy atom. The highest BCUT2D eigenvalue weighted by molar-refractivity contribution is 5.96. The second-order valence-corrected chi connectivity index (χ2v) is 5.87. The number of fused-ring (bicyclic) bond motifs is 2. The normalized spacial score (nSPS) is 11.9. The first-order chi connectivity index (χ1) is 13.2. The molecule has 1 aliphatic heterocycles. The van der Waals surface area contributed by atoms with Gasteiger partial charge in [-0.25, -0.2) is 0 Å². The van der Waals surface area contributed by atoms with Crippen LogP contribution in [0.4, 0.5) is 0 Å². The fraction of sp³-hybridized carbons (Fsp3) is 0.100. The van der Waals surface area contributed by atoms with Crippen molar-refractivity contribution in [1.29, 1.82) is 0 Å². The highest BCUT2D eigenvalue weighted by Crippen LogP contribution is 2.32. The van der Waals surface area contributed by atoms with E-state index in [4.69, 9.17) is 14.2 Å². The SMILES string of the molecule is O=C(COc1ccc2ccccc2c1)NNC(=O)c1ccc2c(c1)OCO2. The van der Waals surface area contributed by atoms with Crippen LogP contribution in [0.5, 0.6) is 17.2 Å². The number of benzene rings is 3. The standard InChI is InChI=1S/C20H16N2O5/c23-19(11-25-16-7-5-13-3-1-2-4-14(13)9-16)21-22-20(24)15-6-8-17-18(10-15)27-12-26-17/h1-10H,11-12H2,(H,21,23)(H,22,24). The van der Waals surface area contributed by atoms with Crippen molar-refractivity contribution in [2.75, 3.05) is 13.4 Å². The van der Waals surface area contributed by atoms with E-state index in [0.29, 0.717) is 22.8 Å². The third kappa shape index (κ3) is 3.77. The lowest BCUT2D eigenvalue weighted by atomic mass is 10.1. The van der Waals surface area contributed by atoms with Crippen molar-refractivity contribution in [3.63, 3.8) is 0 Å². The molecule has 0 aliphatic carbocycles. The zero-order valence-corrected chi connectivity index (χ0v) is 14.2.